The molecule has 0 aliphatic heterocycles. The smallest absolute Gasteiger partial charge is 0.251 e. The number of ether oxygens (including phenoxy) is 2. The Labute approximate surface area is 136 Å². The largest absolute Gasteiger partial charge is 0.368 e. The molecule has 6 nitrogen and oxygen atoms in total. The molecule has 0 radical (unpaired) electrons. The van der Waals surface area contributed by atoms with Crippen LogP contribution in [0.1, 0.15) is 60.8 Å². The summed E-state index contributed by atoms with van der Waals surface area (Å²) in [7, 11) is 4.76. The molecule has 2 amide bonds. The van der Waals surface area contributed by atoms with Gasteiger partial charge in [0.25, 0.3) is 5.91 Å². The van der Waals surface area contributed by atoms with Crippen LogP contribution in [0.2, 0.25) is 0 Å². The molecule has 0 saturated heterocycles. The maximum atomic E-state index is 11.1. The highest BCUT2D eigenvalue weighted by molar-refractivity contribution is 5.85. The van der Waals surface area contributed by atoms with Crippen LogP contribution >= 0.6 is 0 Å². The van der Waals surface area contributed by atoms with Crippen LogP contribution in [0, 0.1) is 0 Å². The van der Waals surface area contributed by atoms with Gasteiger partial charge in [-0.2, -0.15) is 0 Å². The molecular weight excluding hydrogens is 284 g/mol. The molecule has 2 saturated carbocycles. The van der Waals surface area contributed by atoms with E-state index in [0.717, 1.165) is 38.5 Å². The van der Waals surface area contributed by atoms with E-state index in [9.17, 15) is 9.59 Å². The molecule has 0 unspecified atom stereocenters. The van der Waals surface area contributed by atoms with E-state index in [-0.39, 0.29) is 34.1 Å². The molecule has 2 rings (SSSR count). The van der Waals surface area contributed by atoms with Gasteiger partial charge in [-0.15, -0.1) is 0 Å². The molecule has 0 aromatic carbocycles. The lowest BCUT2D eigenvalue weighted by Gasteiger charge is -2.38. The van der Waals surface area contributed by atoms with E-state index in [0.29, 0.717) is 0 Å². The zero-order valence-electron chi connectivity index (χ0n) is 12.0. The fraction of sp³-hybridized carbons (Fsp3) is 0.875. The van der Waals surface area contributed by atoms with Crippen molar-refractivity contribution in [2.75, 3.05) is 21.3 Å². The highest BCUT2D eigenvalue weighted by Crippen LogP contribution is 2.35. The molecule has 2 aliphatic carbocycles. The van der Waals surface area contributed by atoms with Crippen LogP contribution in [-0.4, -0.2) is 44.3 Å². The Kier molecular flexibility index (Phi) is 12.4. The minimum Gasteiger partial charge on any atom is -0.368 e. The number of nitrogens with one attached hydrogen (secondary N) is 1. The van der Waals surface area contributed by atoms with Crippen LogP contribution in [0.5, 0.6) is 0 Å². The van der Waals surface area contributed by atoms with Gasteiger partial charge in [0.15, 0.2) is 0 Å². The van der Waals surface area contributed by atoms with Gasteiger partial charge in [0, 0.05) is 21.3 Å². The van der Waals surface area contributed by atoms with E-state index in [2.05, 4.69) is 5.32 Å². The van der Waals surface area contributed by atoms with Gasteiger partial charge >= 0.3 is 0 Å². The van der Waals surface area contributed by atoms with Crippen LogP contribution < -0.4 is 11.1 Å². The van der Waals surface area contributed by atoms with Crippen LogP contribution in [-0.2, 0) is 19.1 Å². The maximum absolute atomic E-state index is 11.1. The standard InChI is InChI=1S/C7H13NO2.C6H11NO2.3CH4/c1-8-6(9)7(10-2)4-3-5-7;1-9-6(5(7)8)3-2-4-6;;;/h3-5H2,1-2H3,(H,8,9);2-4H2,1H3,(H2,7,8);3*1H4. The Bertz CT molecular complexity index is 326. The normalized spacial score (nSPS) is 19.0. The molecule has 0 bridgehead atoms. The first-order valence-corrected chi connectivity index (χ1v) is 6.59. The monoisotopic (exact) mass is 320 g/mol. The average Bonchev–Trinajstić information content (AvgIpc) is 2.27. The fourth-order valence-electron chi connectivity index (χ4n) is 2.30. The second-order valence-electron chi connectivity index (χ2n) is 5.05. The summed E-state index contributed by atoms with van der Waals surface area (Å²) in [4.78, 5) is 21.7. The molecule has 0 aromatic heterocycles. The summed E-state index contributed by atoms with van der Waals surface area (Å²) < 4.78 is 10.1. The Morgan fingerprint density at radius 3 is 1.32 bits per heavy atom. The first-order valence-electron chi connectivity index (χ1n) is 6.59. The van der Waals surface area contributed by atoms with Crippen LogP contribution in [0.3, 0.4) is 0 Å². The topological polar surface area (TPSA) is 90.7 Å². The first kappa shape index (κ1) is 25.8. The van der Waals surface area contributed by atoms with Crippen molar-refractivity contribution in [2.24, 2.45) is 5.73 Å². The predicted octanol–water partition coefficient (Wildman–Crippen LogP) is 2.25. The summed E-state index contributed by atoms with van der Waals surface area (Å²) in [6.07, 6.45) is 5.46. The van der Waals surface area contributed by atoms with Crippen molar-refractivity contribution in [3.8, 4) is 0 Å². The van der Waals surface area contributed by atoms with Crippen molar-refractivity contribution >= 4 is 11.8 Å². The minimum absolute atomic E-state index is 0. The average molecular weight is 320 g/mol. The van der Waals surface area contributed by atoms with Crippen molar-refractivity contribution in [3.63, 3.8) is 0 Å². The van der Waals surface area contributed by atoms with Crippen molar-refractivity contribution in [1.29, 1.82) is 0 Å². The second-order valence-corrected chi connectivity index (χ2v) is 5.05. The van der Waals surface area contributed by atoms with Crippen molar-refractivity contribution in [3.05, 3.63) is 0 Å². The summed E-state index contributed by atoms with van der Waals surface area (Å²) in [5, 5.41) is 2.59. The third kappa shape index (κ3) is 4.95. The van der Waals surface area contributed by atoms with Gasteiger partial charge in [-0.25, -0.2) is 0 Å². The van der Waals surface area contributed by atoms with E-state index in [1.807, 2.05) is 0 Å². The van der Waals surface area contributed by atoms with E-state index in [1.54, 1.807) is 14.2 Å². The zero-order chi connectivity index (χ0) is 14.5. The van der Waals surface area contributed by atoms with Gasteiger partial charge in [0.05, 0.1) is 0 Å². The number of hydrogen-bond acceptors (Lipinski definition) is 4. The lowest BCUT2D eigenvalue weighted by atomic mass is 9.79. The van der Waals surface area contributed by atoms with Gasteiger partial charge in [-0.3, -0.25) is 9.59 Å². The highest BCUT2D eigenvalue weighted by atomic mass is 16.5. The number of hydrogen-bond donors (Lipinski definition) is 2. The third-order valence-electron chi connectivity index (χ3n) is 4.19. The number of likely N-dealkylation sites (N-methyl/N-ethyl adjacent to an activating group) is 1. The Morgan fingerprint density at radius 1 is 0.909 bits per heavy atom. The van der Waals surface area contributed by atoms with Crippen molar-refractivity contribution < 1.29 is 19.1 Å². The molecule has 0 atom stereocenters. The summed E-state index contributed by atoms with van der Waals surface area (Å²) in [5.74, 6) is -0.308. The highest BCUT2D eigenvalue weighted by Gasteiger charge is 2.44. The number of carbonyl (C=O) groups excluding carboxylic acids is 2. The van der Waals surface area contributed by atoms with Gasteiger partial charge in [0.1, 0.15) is 11.2 Å². The molecular formula is C16H36N2O4. The first-order chi connectivity index (χ1) is 8.96. The molecule has 2 fully saturated rings. The second kappa shape index (κ2) is 10.6. The van der Waals surface area contributed by atoms with Gasteiger partial charge in [-0.1, -0.05) is 22.3 Å². The van der Waals surface area contributed by atoms with Crippen LogP contribution in [0.25, 0.3) is 0 Å². The summed E-state index contributed by atoms with van der Waals surface area (Å²) in [6, 6.07) is 0. The van der Waals surface area contributed by atoms with E-state index >= 15 is 0 Å². The van der Waals surface area contributed by atoms with E-state index in [1.165, 1.54) is 7.11 Å². The van der Waals surface area contributed by atoms with Crippen LogP contribution in [0.15, 0.2) is 0 Å². The molecule has 3 N–H and O–H groups in total. The summed E-state index contributed by atoms with van der Waals surface area (Å²) in [5.41, 5.74) is 4.00. The van der Waals surface area contributed by atoms with Crippen molar-refractivity contribution in [1.82, 2.24) is 5.32 Å². The van der Waals surface area contributed by atoms with Gasteiger partial charge in [0.2, 0.25) is 5.91 Å². The molecule has 0 heterocycles. The molecule has 134 valence electrons. The third-order valence-corrected chi connectivity index (χ3v) is 4.19. The number of amides is 2. The Morgan fingerprint density at radius 2 is 1.27 bits per heavy atom. The molecule has 0 spiro atoms. The summed E-state index contributed by atoms with van der Waals surface area (Å²) >= 11 is 0. The zero-order valence-corrected chi connectivity index (χ0v) is 12.0. The number of rotatable bonds is 4. The quantitative estimate of drug-likeness (QED) is 0.831. The van der Waals surface area contributed by atoms with Crippen LogP contribution in [0.4, 0.5) is 0 Å². The number of primary amides is 1. The van der Waals surface area contributed by atoms with E-state index < -0.39 is 11.2 Å². The minimum atomic E-state index is -0.597. The SMILES string of the molecule is C.C.C.CNC(=O)C1(OC)CCC1.COC1(C(N)=O)CCC1. The van der Waals surface area contributed by atoms with Crippen molar-refractivity contribution in [2.45, 2.75) is 72.0 Å². The molecule has 6 heteroatoms. The molecule has 2 aliphatic rings. The molecule has 22 heavy (non-hydrogen) atoms. The number of nitrogens with two attached hydrogens (primary N) is 1. The molecule has 0 aromatic rings. The lowest BCUT2D eigenvalue weighted by Crippen LogP contribution is -2.52. The number of methoxy groups -OCH3 is 2. The maximum Gasteiger partial charge on any atom is 0.251 e. The van der Waals surface area contributed by atoms with Gasteiger partial charge in [-0.05, 0) is 38.5 Å². The Balaban J connectivity index is -0.000000290. The Hall–Kier alpha value is -1.14. The summed E-state index contributed by atoms with van der Waals surface area (Å²) in [6.45, 7) is 0. The number of carbonyl (C=O) groups is 2. The van der Waals surface area contributed by atoms with Gasteiger partial charge < -0.3 is 20.5 Å². The van der Waals surface area contributed by atoms with E-state index in [4.69, 9.17) is 15.2 Å². The fourth-order valence-corrected chi connectivity index (χ4v) is 2.30. The lowest BCUT2D eigenvalue weighted by molar-refractivity contribution is -0.153. The predicted molar refractivity (Wildman–Crippen MR) is 90.6 cm³/mol.